The summed E-state index contributed by atoms with van der Waals surface area (Å²) in [5.41, 5.74) is 0.808. The number of benzene rings is 1. The average molecular weight is 355 g/mol. The van der Waals surface area contributed by atoms with Crippen LogP contribution in [0.1, 0.15) is 32.8 Å². The van der Waals surface area contributed by atoms with Gasteiger partial charge < -0.3 is 20.1 Å². The van der Waals surface area contributed by atoms with Gasteiger partial charge in [-0.1, -0.05) is 25.4 Å². The molecule has 0 bridgehead atoms. The molecule has 0 fully saturated rings. The summed E-state index contributed by atoms with van der Waals surface area (Å²) in [5.74, 6) is 0.654. The Labute approximate surface area is 146 Å². The van der Waals surface area contributed by atoms with E-state index in [2.05, 4.69) is 10.6 Å². The van der Waals surface area contributed by atoms with E-state index in [1.54, 1.807) is 6.07 Å². The van der Waals surface area contributed by atoms with E-state index in [1.165, 1.54) is 6.92 Å². The van der Waals surface area contributed by atoms with Crippen LogP contribution >= 0.6 is 11.6 Å². The fourth-order valence-corrected chi connectivity index (χ4v) is 2.73. The van der Waals surface area contributed by atoms with Gasteiger partial charge in [0.2, 0.25) is 11.8 Å². The van der Waals surface area contributed by atoms with E-state index < -0.39 is 6.04 Å². The van der Waals surface area contributed by atoms with Crippen LogP contribution in [0.2, 0.25) is 5.02 Å². The van der Waals surface area contributed by atoms with E-state index in [1.807, 2.05) is 19.9 Å². The number of ether oxygens (including phenoxy) is 2. The maximum Gasteiger partial charge on any atom is 0.243 e. The minimum Gasteiger partial charge on any atom is -0.489 e. The fraction of sp³-hybridized carbons (Fsp3) is 0.529. The van der Waals surface area contributed by atoms with Gasteiger partial charge >= 0.3 is 0 Å². The Morgan fingerprint density at radius 3 is 2.62 bits per heavy atom. The first-order valence-corrected chi connectivity index (χ1v) is 8.39. The smallest absolute Gasteiger partial charge is 0.243 e. The number of carbonyl (C=O) groups is 2. The second-order valence-electron chi connectivity index (χ2n) is 6.10. The Kier molecular flexibility index (Phi) is 6.31. The molecule has 1 aliphatic rings. The molecule has 1 atom stereocenters. The van der Waals surface area contributed by atoms with Gasteiger partial charge in [0, 0.05) is 19.9 Å². The lowest BCUT2D eigenvalue weighted by Gasteiger charge is -2.21. The predicted molar refractivity (Wildman–Crippen MR) is 91.3 cm³/mol. The van der Waals surface area contributed by atoms with Crippen molar-refractivity contribution in [2.75, 3.05) is 13.2 Å². The van der Waals surface area contributed by atoms with Gasteiger partial charge in [0.05, 0.1) is 18.2 Å². The second-order valence-corrected chi connectivity index (χ2v) is 6.50. The lowest BCUT2D eigenvalue weighted by atomic mass is 10.0. The van der Waals surface area contributed by atoms with Crippen molar-refractivity contribution in [1.29, 1.82) is 0 Å². The summed E-state index contributed by atoms with van der Waals surface area (Å²) < 4.78 is 11.2. The Morgan fingerprint density at radius 1 is 1.25 bits per heavy atom. The van der Waals surface area contributed by atoms with Crippen molar-refractivity contribution in [2.24, 2.45) is 5.92 Å². The zero-order valence-corrected chi connectivity index (χ0v) is 14.9. The monoisotopic (exact) mass is 354 g/mol. The highest BCUT2D eigenvalue weighted by Crippen LogP contribution is 2.37. The van der Waals surface area contributed by atoms with Gasteiger partial charge in [-0.25, -0.2) is 0 Å². The Hall–Kier alpha value is -1.95. The molecule has 2 rings (SSSR count). The number of fused-ring (bicyclic) bond motifs is 1. The maximum atomic E-state index is 12.3. The minimum atomic E-state index is -0.571. The molecule has 7 heteroatoms. The molecule has 0 saturated heterocycles. The Balaban J connectivity index is 2.06. The molecule has 0 spiro atoms. The van der Waals surface area contributed by atoms with Gasteiger partial charge in [-0.2, -0.15) is 0 Å². The van der Waals surface area contributed by atoms with Gasteiger partial charge in [0.1, 0.15) is 6.04 Å². The molecule has 1 aromatic rings. The van der Waals surface area contributed by atoms with E-state index in [9.17, 15) is 9.59 Å². The topological polar surface area (TPSA) is 76.7 Å². The molecule has 1 aromatic carbocycles. The van der Waals surface area contributed by atoms with Crippen LogP contribution in [0.5, 0.6) is 11.5 Å². The van der Waals surface area contributed by atoms with E-state index >= 15 is 0 Å². The van der Waals surface area contributed by atoms with Crippen LogP contribution in [0.4, 0.5) is 0 Å². The highest BCUT2D eigenvalue weighted by molar-refractivity contribution is 6.32. The van der Waals surface area contributed by atoms with Gasteiger partial charge in [-0.05, 0) is 23.6 Å². The summed E-state index contributed by atoms with van der Waals surface area (Å²) in [7, 11) is 0. The molecular formula is C17H23ClN2O4. The minimum absolute atomic E-state index is 0.0127. The van der Waals surface area contributed by atoms with E-state index in [0.717, 1.165) is 12.0 Å². The number of carbonyl (C=O) groups excluding carboxylic acids is 2. The molecule has 132 valence electrons. The van der Waals surface area contributed by atoms with Crippen molar-refractivity contribution in [3.05, 3.63) is 22.7 Å². The summed E-state index contributed by atoms with van der Waals surface area (Å²) >= 11 is 6.24. The normalized spacial score (nSPS) is 14.7. The van der Waals surface area contributed by atoms with Gasteiger partial charge in [-0.15, -0.1) is 0 Å². The molecule has 1 aliphatic heterocycles. The molecule has 0 saturated carbocycles. The predicted octanol–water partition coefficient (Wildman–Crippen LogP) is 2.28. The number of halogens is 1. The quantitative estimate of drug-likeness (QED) is 0.850. The summed E-state index contributed by atoms with van der Waals surface area (Å²) in [6.07, 6.45) is 0.795. The lowest BCUT2D eigenvalue weighted by molar-refractivity contribution is -0.129. The van der Waals surface area contributed by atoms with Crippen LogP contribution in [0.15, 0.2) is 12.1 Å². The number of nitrogens with one attached hydrogen (secondary N) is 2. The zero-order valence-electron chi connectivity index (χ0n) is 14.1. The van der Waals surface area contributed by atoms with Crippen LogP contribution in [-0.4, -0.2) is 31.1 Å². The van der Waals surface area contributed by atoms with Crippen LogP contribution in [-0.2, 0) is 16.1 Å². The standard InChI is InChI=1S/C17H23ClN2O4/c1-10(2)15(20-11(3)21)17(22)19-9-12-7-13(18)16-14(8-12)23-5-4-6-24-16/h7-8,10,15H,4-6,9H2,1-3H3,(H,19,22)(H,20,21)/t15-/m1/s1. The zero-order chi connectivity index (χ0) is 17.7. The SMILES string of the molecule is CC(=O)N[C@@H](C(=O)NCc1cc(Cl)c2c(c1)OCCCO2)C(C)C. The maximum absolute atomic E-state index is 12.3. The lowest BCUT2D eigenvalue weighted by Crippen LogP contribution is -2.48. The van der Waals surface area contributed by atoms with E-state index in [0.29, 0.717) is 29.7 Å². The van der Waals surface area contributed by atoms with Crippen molar-refractivity contribution < 1.29 is 19.1 Å². The molecule has 0 aromatic heterocycles. The van der Waals surface area contributed by atoms with E-state index in [4.69, 9.17) is 21.1 Å². The van der Waals surface area contributed by atoms with E-state index in [-0.39, 0.29) is 24.3 Å². The average Bonchev–Trinajstić information content (AvgIpc) is 2.75. The molecular weight excluding hydrogens is 332 g/mol. The summed E-state index contributed by atoms with van der Waals surface area (Å²) in [6.45, 7) is 6.58. The van der Waals surface area contributed by atoms with Gasteiger partial charge in [-0.3, -0.25) is 9.59 Å². The summed E-state index contributed by atoms with van der Waals surface area (Å²) in [4.78, 5) is 23.5. The number of hydrogen-bond acceptors (Lipinski definition) is 4. The fourth-order valence-electron chi connectivity index (χ4n) is 2.44. The number of hydrogen-bond donors (Lipinski definition) is 2. The molecule has 0 radical (unpaired) electrons. The first-order valence-electron chi connectivity index (χ1n) is 8.01. The van der Waals surface area contributed by atoms with Crippen molar-refractivity contribution in [1.82, 2.24) is 10.6 Å². The van der Waals surface area contributed by atoms with Crippen molar-refractivity contribution in [2.45, 2.75) is 39.8 Å². The third kappa shape index (κ3) is 4.77. The molecule has 6 nitrogen and oxygen atoms in total. The molecule has 2 amide bonds. The van der Waals surface area contributed by atoms with Gasteiger partial charge in [0.15, 0.2) is 11.5 Å². The molecule has 24 heavy (non-hydrogen) atoms. The first-order chi connectivity index (χ1) is 11.4. The van der Waals surface area contributed by atoms with Crippen molar-refractivity contribution in [3.63, 3.8) is 0 Å². The Morgan fingerprint density at radius 2 is 1.96 bits per heavy atom. The van der Waals surface area contributed by atoms with Crippen LogP contribution in [0.3, 0.4) is 0 Å². The highest BCUT2D eigenvalue weighted by atomic mass is 35.5. The van der Waals surface area contributed by atoms with Crippen LogP contribution in [0, 0.1) is 5.92 Å². The van der Waals surface area contributed by atoms with Crippen LogP contribution in [0.25, 0.3) is 0 Å². The Bertz CT molecular complexity index is 619. The molecule has 0 unspecified atom stereocenters. The van der Waals surface area contributed by atoms with Crippen molar-refractivity contribution >= 4 is 23.4 Å². The number of amides is 2. The second kappa shape index (κ2) is 8.24. The molecule has 0 aliphatic carbocycles. The summed E-state index contributed by atoms with van der Waals surface area (Å²) in [6, 6.07) is 2.99. The van der Waals surface area contributed by atoms with Gasteiger partial charge in [0.25, 0.3) is 0 Å². The third-order valence-electron chi connectivity index (χ3n) is 3.64. The van der Waals surface area contributed by atoms with Crippen LogP contribution < -0.4 is 20.1 Å². The number of rotatable bonds is 5. The third-order valence-corrected chi connectivity index (χ3v) is 3.92. The molecule has 2 N–H and O–H groups in total. The first kappa shape index (κ1) is 18.4. The largest absolute Gasteiger partial charge is 0.489 e. The summed E-state index contributed by atoms with van der Waals surface area (Å²) in [5, 5.41) is 5.95. The molecule has 1 heterocycles. The highest BCUT2D eigenvalue weighted by Gasteiger charge is 2.23. The van der Waals surface area contributed by atoms with Crippen molar-refractivity contribution in [3.8, 4) is 11.5 Å².